The van der Waals surface area contributed by atoms with Crippen molar-refractivity contribution in [3.8, 4) is 0 Å². The van der Waals surface area contributed by atoms with Crippen LogP contribution in [0.5, 0.6) is 0 Å². The Bertz CT molecular complexity index is 753. The highest BCUT2D eigenvalue weighted by atomic mass is 32.1. The Balaban J connectivity index is 1.58. The lowest BCUT2D eigenvalue weighted by molar-refractivity contribution is -0.125. The molecule has 0 radical (unpaired) electrons. The molecule has 0 bridgehead atoms. The Hall–Kier alpha value is -2.41. The van der Waals surface area contributed by atoms with Gasteiger partial charge in [0.25, 0.3) is 5.91 Å². The highest BCUT2D eigenvalue weighted by Crippen LogP contribution is 2.29. The van der Waals surface area contributed by atoms with Crippen LogP contribution in [-0.2, 0) is 16.0 Å². The van der Waals surface area contributed by atoms with Crippen molar-refractivity contribution in [3.63, 3.8) is 0 Å². The molecule has 0 unspecified atom stereocenters. The van der Waals surface area contributed by atoms with E-state index in [1.807, 2.05) is 18.2 Å². The molecule has 3 rings (SSSR count). The van der Waals surface area contributed by atoms with Gasteiger partial charge in [0.05, 0.1) is 11.7 Å². The van der Waals surface area contributed by atoms with E-state index in [1.165, 1.54) is 5.56 Å². The Morgan fingerprint density at radius 1 is 1.42 bits per heavy atom. The molecule has 24 heavy (non-hydrogen) atoms. The van der Waals surface area contributed by atoms with Crippen molar-refractivity contribution in [3.05, 3.63) is 46.6 Å². The average molecular weight is 345 g/mol. The molecule has 1 aliphatic rings. The minimum Gasteiger partial charge on any atom is -0.452 e. The molecule has 7 heteroatoms. The van der Waals surface area contributed by atoms with Crippen molar-refractivity contribution in [1.29, 1.82) is 0 Å². The van der Waals surface area contributed by atoms with Gasteiger partial charge in [0.1, 0.15) is 10.6 Å². The molecule has 0 aliphatic heterocycles. The second-order valence-electron chi connectivity index (χ2n) is 5.79. The maximum absolute atomic E-state index is 12.1. The second-order valence-corrected chi connectivity index (χ2v) is 6.60. The summed E-state index contributed by atoms with van der Waals surface area (Å²) in [5.41, 5.74) is 8.88. The van der Waals surface area contributed by atoms with Crippen LogP contribution in [0, 0.1) is 6.92 Å². The third kappa shape index (κ3) is 3.41. The molecule has 1 atom stereocenters. The van der Waals surface area contributed by atoms with Gasteiger partial charge in [-0.2, -0.15) is 4.37 Å². The van der Waals surface area contributed by atoms with Crippen LogP contribution in [-0.4, -0.2) is 22.9 Å². The SMILES string of the molecule is Cc1nsc(N)c1C(=O)OCC(=O)N[C@H]1CCCc2ccccc21. The van der Waals surface area contributed by atoms with E-state index in [-0.39, 0.29) is 24.1 Å². The molecule has 0 spiro atoms. The molecule has 6 nitrogen and oxygen atoms in total. The van der Waals surface area contributed by atoms with Gasteiger partial charge in [-0.05, 0) is 48.8 Å². The van der Waals surface area contributed by atoms with E-state index in [9.17, 15) is 9.59 Å². The minimum absolute atomic E-state index is 0.0317. The molecule has 0 fully saturated rings. The fourth-order valence-corrected chi connectivity index (χ4v) is 3.63. The highest BCUT2D eigenvalue weighted by Gasteiger charge is 2.23. The number of aryl methyl sites for hydroxylation is 2. The molecule has 1 aliphatic carbocycles. The predicted molar refractivity (Wildman–Crippen MR) is 91.8 cm³/mol. The molecule has 1 heterocycles. The molecule has 1 aromatic carbocycles. The van der Waals surface area contributed by atoms with Crippen molar-refractivity contribution in [2.75, 3.05) is 12.3 Å². The van der Waals surface area contributed by atoms with Crippen LogP contribution < -0.4 is 11.1 Å². The summed E-state index contributed by atoms with van der Waals surface area (Å²) in [5, 5.41) is 3.25. The smallest absolute Gasteiger partial charge is 0.343 e. The summed E-state index contributed by atoms with van der Waals surface area (Å²) >= 11 is 1.04. The van der Waals surface area contributed by atoms with Crippen LogP contribution in [0.25, 0.3) is 0 Å². The zero-order valence-electron chi connectivity index (χ0n) is 13.4. The molecule has 0 saturated heterocycles. The second kappa shape index (κ2) is 7.00. The van der Waals surface area contributed by atoms with Gasteiger partial charge in [-0.25, -0.2) is 4.79 Å². The zero-order valence-corrected chi connectivity index (χ0v) is 14.2. The van der Waals surface area contributed by atoms with Gasteiger partial charge < -0.3 is 15.8 Å². The van der Waals surface area contributed by atoms with Crippen LogP contribution in [0.1, 0.15) is 46.1 Å². The number of anilines is 1. The van der Waals surface area contributed by atoms with Gasteiger partial charge in [0, 0.05) is 0 Å². The lowest BCUT2D eigenvalue weighted by Gasteiger charge is -2.26. The average Bonchev–Trinajstić information content (AvgIpc) is 2.92. The van der Waals surface area contributed by atoms with E-state index < -0.39 is 5.97 Å². The van der Waals surface area contributed by atoms with E-state index in [0.717, 1.165) is 36.4 Å². The van der Waals surface area contributed by atoms with Gasteiger partial charge >= 0.3 is 5.97 Å². The zero-order chi connectivity index (χ0) is 17.1. The number of fused-ring (bicyclic) bond motifs is 1. The number of carbonyl (C=O) groups excluding carboxylic acids is 2. The summed E-state index contributed by atoms with van der Waals surface area (Å²) in [5.74, 6) is -0.928. The lowest BCUT2D eigenvalue weighted by atomic mass is 9.88. The monoisotopic (exact) mass is 345 g/mol. The third-order valence-corrected chi connectivity index (χ3v) is 4.90. The summed E-state index contributed by atoms with van der Waals surface area (Å²) in [6, 6.07) is 8.07. The van der Waals surface area contributed by atoms with Crippen LogP contribution in [0.4, 0.5) is 5.00 Å². The number of carbonyl (C=O) groups is 2. The number of esters is 1. The Labute approximate surface area is 144 Å². The van der Waals surface area contributed by atoms with Crippen LogP contribution >= 0.6 is 11.5 Å². The lowest BCUT2D eigenvalue weighted by Crippen LogP contribution is -2.34. The van der Waals surface area contributed by atoms with Crippen molar-refractivity contribution >= 4 is 28.4 Å². The van der Waals surface area contributed by atoms with E-state index >= 15 is 0 Å². The first kappa shape index (κ1) is 16.4. The van der Waals surface area contributed by atoms with E-state index in [2.05, 4.69) is 15.8 Å². The summed E-state index contributed by atoms with van der Waals surface area (Å²) < 4.78 is 9.07. The molecule has 1 amide bonds. The standard InChI is InChI=1S/C17H19N3O3S/c1-10-15(16(18)24-20-10)17(22)23-9-14(21)19-13-8-4-6-11-5-2-3-7-12(11)13/h2-3,5,7,13H,4,6,8-9,18H2,1H3,(H,19,21)/t13-/m0/s1. The summed E-state index contributed by atoms with van der Waals surface area (Å²) in [4.78, 5) is 24.2. The maximum Gasteiger partial charge on any atom is 0.343 e. The number of nitrogens with one attached hydrogen (secondary N) is 1. The predicted octanol–water partition coefficient (Wildman–Crippen LogP) is 2.38. The largest absolute Gasteiger partial charge is 0.452 e. The van der Waals surface area contributed by atoms with Gasteiger partial charge in [0.2, 0.25) is 0 Å². The number of nitrogens with zero attached hydrogens (tertiary/aromatic N) is 1. The first-order valence-electron chi connectivity index (χ1n) is 7.82. The normalized spacial score (nSPS) is 16.3. The number of benzene rings is 1. The van der Waals surface area contributed by atoms with Gasteiger partial charge in [0.15, 0.2) is 6.61 Å². The van der Waals surface area contributed by atoms with Crippen LogP contribution in [0.2, 0.25) is 0 Å². The maximum atomic E-state index is 12.1. The van der Waals surface area contributed by atoms with E-state index in [1.54, 1.807) is 6.92 Å². The van der Waals surface area contributed by atoms with Gasteiger partial charge in [-0.15, -0.1) is 0 Å². The van der Waals surface area contributed by atoms with Crippen molar-refractivity contribution in [2.45, 2.75) is 32.2 Å². The topological polar surface area (TPSA) is 94.3 Å². The Morgan fingerprint density at radius 2 is 2.21 bits per heavy atom. The third-order valence-electron chi connectivity index (χ3n) is 4.13. The molecular formula is C17H19N3O3S. The molecule has 0 saturated carbocycles. The van der Waals surface area contributed by atoms with Crippen molar-refractivity contribution in [1.82, 2.24) is 9.69 Å². The number of hydrogen-bond donors (Lipinski definition) is 2. The van der Waals surface area contributed by atoms with Gasteiger partial charge in [-0.1, -0.05) is 24.3 Å². The summed E-state index contributed by atoms with van der Waals surface area (Å²) in [6.45, 7) is 1.36. The number of nitrogens with two attached hydrogens (primary N) is 1. The Kier molecular flexibility index (Phi) is 4.80. The first-order valence-corrected chi connectivity index (χ1v) is 8.59. The Morgan fingerprint density at radius 3 is 2.96 bits per heavy atom. The molecule has 2 aromatic rings. The number of ether oxygens (including phenoxy) is 1. The van der Waals surface area contributed by atoms with Crippen molar-refractivity contribution < 1.29 is 14.3 Å². The quantitative estimate of drug-likeness (QED) is 0.830. The van der Waals surface area contributed by atoms with E-state index in [0.29, 0.717) is 10.7 Å². The van der Waals surface area contributed by atoms with E-state index in [4.69, 9.17) is 10.5 Å². The number of rotatable bonds is 4. The van der Waals surface area contributed by atoms with Crippen LogP contribution in [0.15, 0.2) is 24.3 Å². The fourth-order valence-electron chi connectivity index (χ4n) is 2.98. The number of amides is 1. The first-order chi connectivity index (χ1) is 11.6. The molecule has 1 aromatic heterocycles. The molecule has 3 N–H and O–H groups in total. The number of hydrogen-bond acceptors (Lipinski definition) is 6. The van der Waals surface area contributed by atoms with Crippen LogP contribution in [0.3, 0.4) is 0 Å². The summed E-state index contributed by atoms with van der Waals surface area (Å²) in [7, 11) is 0. The number of nitrogen functional groups attached to an aromatic ring is 1. The molecular weight excluding hydrogens is 326 g/mol. The molecule has 126 valence electrons. The van der Waals surface area contributed by atoms with Crippen molar-refractivity contribution in [2.24, 2.45) is 0 Å². The minimum atomic E-state index is -0.613. The number of aromatic nitrogens is 1. The van der Waals surface area contributed by atoms with Gasteiger partial charge in [-0.3, -0.25) is 4.79 Å². The summed E-state index contributed by atoms with van der Waals surface area (Å²) in [6.07, 6.45) is 2.94. The highest BCUT2D eigenvalue weighted by molar-refractivity contribution is 7.10. The fraction of sp³-hybridized carbons (Fsp3) is 0.353.